The van der Waals surface area contributed by atoms with E-state index < -0.39 is 0 Å². The highest BCUT2D eigenvalue weighted by Crippen LogP contribution is 2.22. The van der Waals surface area contributed by atoms with Crippen molar-refractivity contribution >= 4 is 5.91 Å². The number of hydrogen-bond donors (Lipinski definition) is 0. The molecule has 1 aromatic heterocycles. The van der Waals surface area contributed by atoms with E-state index in [9.17, 15) is 4.79 Å². The van der Waals surface area contributed by atoms with Gasteiger partial charge < -0.3 is 4.90 Å². The van der Waals surface area contributed by atoms with Crippen LogP contribution in [0.15, 0.2) is 0 Å². The largest absolute Gasteiger partial charge is 0.340 e. The van der Waals surface area contributed by atoms with Crippen LogP contribution in [0, 0.1) is 5.92 Å². The van der Waals surface area contributed by atoms with E-state index in [0.29, 0.717) is 18.4 Å². The summed E-state index contributed by atoms with van der Waals surface area (Å²) in [5, 5.41) is 12.2. The maximum atomic E-state index is 12.6. The van der Waals surface area contributed by atoms with Crippen molar-refractivity contribution in [3.63, 3.8) is 0 Å². The molecule has 3 aliphatic heterocycles. The minimum atomic E-state index is 0.293. The van der Waals surface area contributed by atoms with E-state index in [1.165, 1.54) is 32.2 Å². The molecular formula is C19H33N7O. The molecular weight excluding hydrogens is 342 g/mol. The Morgan fingerprint density at radius 1 is 1.11 bits per heavy atom. The topological polar surface area (TPSA) is 70.4 Å². The highest BCUT2D eigenvalue weighted by molar-refractivity contribution is 5.76. The van der Waals surface area contributed by atoms with E-state index >= 15 is 0 Å². The molecule has 8 nitrogen and oxygen atoms in total. The van der Waals surface area contributed by atoms with Gasteiger partial charge in [0.05, 0.1) is 6.54 Å². The van der Waals surface area contributed by atoms with Gasteiger partial charge in [-0.1, -0.05) is 6.92 Å². The number of hydrogen-bond acceptors (Lipinski definition) is 6. The van der Waals surface area contributed by atoms with Gasteiger partial charge in [0.1, 0.15) is 0 Å². The van der Waals surface area contributed by atoms with Gasteiger partial charge in [-0.3, -0.25) is 14.6 Å². The molecule has 3 aliphatic rings. The monoisotopic (exact) mass is 375 g/mol. The number of carbonyl (C=O) groups excluding carboxylic acids is 1. The molecule has 27 heavy (non-hydrogen) atoms. The standard InChI is InChI=1S/C19H33N7O/c1-16-6-10-23(11-7-16)15-18-20-21-22-26(18)9-3-5-19(27)25-13-12-24-8-2-4-17(24)14-25/h16-17H,2-15H2,1H3/t17-/m1/s1. The number of carbonyl (C=O) groups is 1. The fraction of sp³-hybridized carbons (Fsp3) is 0.895. The molecule has 0 saturated carbocycles. The number of aromatic nitrogens is 4. The molecule has 4 heterocycles. The van der Waals surface area contributed by atoms with Crippen LogP contribution in [-0.4, -0.2) is 86.1 Å². The van der Waals surface area contributed by atoms with Crippen LogP contribution in [0.1, 0.15) is 51.3 Å². The van der Waals surface area contributed by atoms with Crippen molar-refractivity contribution in [3.05, 3.63) is 5.82 Å². The third-order valence-corrected chi connectivity index (χ3v) is 6.55. The Bertz CT molecular complexity index is 625. The SMILES string of the molecule is CC1CCN(Cc2nnnn2CCCC(=O)N2CCN3CCC[C@@H]3C2)CC1. The molecule has 1 atom stereocenters. The van der Waals surface area contributed by atoms with Crippen molar-refractivity contribution in [3.8, 4) is 0 Å². The molecule has 0 radical (unpaired) electrons. The molecule has 3 saturated heterocycles. The summed E-state index contributed by atoms with van der Waals surface area (Å²) in [6.07, 6.45) is 6.43. The van der Waals surface area contributed by atoms with Gasteiger partial charge in [0.2, 0.25) is 5.91 Å². The van der Waals surface area contributed by atoms with Crippen LogP contribution in [0.2, 0.25) is 0 Å². The van der Waals surface area contributed by atoms with Gasteiger partial charge in [0, 0.05) is 38.6 Å². The molecule has 0 bridgehead atoms. The Labute approximate surface area is 161 Å². The molecule has 0 N–H and O–H groups in total. The lowest BCUT2D eigenvalue weighted by molar-refractivity contribution is -0.133. The first-order valence-corrected chi connectivity index (χ1v) is 10.7. The normalized spacial score (nSPS) is 25.1. The molecule has 0 aromatic carbocycles. The smallest absolute Gasteiger partial charge is 0.222 e. The zero-order chi connectivity index (χ0) is 18.6. The van der Waals surface area contributed by atoms with Gasteiger partial charge >= 0.3 is 0 Å². The van der Waals surface area contributed by atoms with E-state index in [0.717, 1.165) is 64.0 Å². The first-order chi connectivity index (χ1) is 13.2. The molecule has 3 fully saturated rings. The average molecular weight is 376 g/mol. The molecule has 0 unspecified atom stereocenters. The number of aryl methyl sites for hydroxylation is 1. The average Bonchev–Trinajstić information content (AvgIpc) is 3.32. The van der Waals surface area contributed by atoms with Crippen LogP contribution in [-0.2, 0) is 17.9 Å². The quantitative estimate of drug-likeness (QED) is 0.739. The highest BCUT2D eigenvalue weighted by atomic mass is 16.2. The van der Waals surface area contributed by atoms with Crippen molar-refractivity contribution < 1.29 is 4.79 Å². The maximum Gasteiger partial charge on any atom is 0.222 e. The Hall–Kier alpha value is -1.54. The van der Waals surface area contributed by atoms with Gasteiger partial charge in [0.15, 0.2) is 5.82 Å². The maximum absolute atomic E-state index is 12.6. The third kappa shape index (κ3) is 4.66. The molecule has 4 rings (SSSR count). The molecule has 1 amide bonds. The van der Waals surface area contributed by atoms with Crippen molar-refractivity contribution in [1.82, 2.24) is 34.9 Å². The molecule has 8 heteroatoms. The van der Waals surface area contributed by atoms with E-state index in [2.05, 4.69) is 37.1 Å². The van der Waals surface area contributed by atoms with Crippen LogP contribution in [0.4, 0.5) is 0 Å². The molecule has 0 aliphatic carbocycles. The minimum absolute atomic E-state index is 0.293. The van der Waals surface area contributed by atoms with Crippen LogP contribution in [0.25, 0.3) is 0 Å². The van der Waals surface area contributed by atoms with Crippen LogP contribution in [0.3, 0.4) is 0 Å². The Kier molecular flexibility index (Phi) is 6.02. The number of amides is 1. The Morgan fingerprint density at radius 3 is 2.81 bits per heavy atom. The lowest BCUT2D eigenvalue weighted by Gasteiger charge is -2.37. The molecule has 0 spiro atoms. The predicted octanol–water partition coefficient (Wildman–Crippen LogP) is 0.992. The van der Waals surface area contributed by atoms with E-state index in [4.69, 9.17) is 0 Å². The zero-order valence-corrected chi connectivity index (χ0v) is 16.6. The third-order valence-electron chi connectivity index (χ3n) is 6.55. The van der Waals surface area contributed by atoms with Crippen LogP contribution < -0.4 is 0 Å². The minimum Gasteiger partial charge on any atom is -0.340 e. The number of rotatable bonds is 6. The fourth-order valence-corrected chi connectivity index (χ4v) is 4.69. The summed E-state index contributed by atoms with van der Waals surface area (Å²) >= 11 is 0. The summed E-state index contributed by atoms with van der Waals surface area (Å²) in [4.78, 5) is 19.6. The van der Waals surface area contributed by atoms with Gasteiger partial charge in [-0.2, -0.15) is 0 Å². The van der Waals surface area contributed by atoms with Crippen molar-refractivity contribution in [2.45, 2.75) is 64.6 Å². The first-order valence-electron chi connectivity index (χ1n) is 10.7. The van der Waals surface area contributed by atoms with E-state index in [-0.39, 0.29) is 0 Å². The first kappa shape index (κ1) is 18.8. The summed E-state index contributed by atoms with van der Waals surface area (Å²) in [5.41, 5.74) is 0. The summed E-state index contributed by atoms with van der Waals surface area (Å²) in [6, 6.07) is 0.598. The highest BCUT2D eigenvalue weighted by Gasteiger charge is 2.32. The second kappa shape index (κ2) is 8.65. The summed E-state index contributed by atoms with van der Waals surface area (Å²) in [5.74, 6) is 2.05. The number of piperidine rings is 1. The van der Waals surface area contributed by atoms with Gasteiger partial charge in [-0.05, 0) is 68.1 Å². The van der Waals surface area contributed by atoms with E-state index in [1.807, 2.05) is 4.68 Å². The Balaban J connectivity index is 1.21. The number of nitrogens with zero attached hydrogens (tertiary/aromatic N) is 7. The molecule has 1 aromatic rings. The van der Waals surface area contributed by atoms with Crippen molar-refractivity contribution in [1.29, 1.82) is 0 Å². The van der Waals surface area contributed by atoms with Crippen LogP contribution in [0.5, 0.6) is 0 Å². The lowest BCUT2D eigenvalue weighted by atomic mass is 9.99. The summed E-state index contributed by atoms with van der Waals surface area (Å²) in [6.45, 7) is 10.2. The zero-order valence-electron chi connectivity index (χ0n) is 16.6. The second-order valence-electron chi connectivity index (χ2n) is 8.55. The van der Waals surface area contributed by atoms with Gasteiger partial charge in [-0.15, -0.1) is 5.10 Å². The molecule has 150 valence electrons. The fourth-order valence-electron chi connectivity index (χ4n) is 4.69. The summed E-state index contributed by atoms with van der Waals surface area (Å²) < 4.78 is 1.89. The van der Waals surface area contributed by atoms with Crippen molar-refractivity contribution in [2.24, 2.45) is 5.92 Å². The number of piperazine rings is 1. The Morgan fingerprint density at radius 2 is 1.96 bits per heavy atom. The summed E-state index contributed by atoms with van der Waals surface area (Å²) in [7, 11) is 0. The number of fused-ring (bicyclic) bond motifs is 1. The number of tetrazole rings is 1. The van der Waals surface area contributed by atoms with Gasteiger partial charge in [-0.25, -0.2) is 4.68 Å². The van der Waals surface area contributed by atoms with Crippen LogP contribution >= 0.6 is 0 Å². The van der Waals surface area contributed by atoms with E-state index in [1.54, 1.807) is 0 Å². The number of likely N-dealkylation sites (tertiary alicyclic amines) is 1. The second-order valence-corrected chi connectivity index (χ2v) is 8.55. The lowest BCUT2D eigenvalue weighted by Crippen LogP contribution is -2.52. The van der Waals surface area contributed by atoms with Crippen molar-refractivity contribution in [2.75, 3.05) is 39.3 Å². The predicted molar refractivity (Wildman–Crippen MR) is 102 cm³/mol. The van der Waals surface area contributed by atoms with Gasteiger partial charge in [0.25, 0.3) is 0 Å².